The Bertz CT molecular complexity index is 660. The summed E-state index contributed by atoms with van der Waals surface area (Å²) in [6.45, 7) is 2.00. The molecule has 0 unspecified atom stereocenters. The molecule has 1 heterocycles. The molecule has 1 N–H and O–H groups in total. The third-order valence-corrected chi connectivity index (χ3v) is 4.76. The number of hydrogen-bond donors (Lipinski definition) is 1. The van der Waals surface area contributed by atoms with Crippen molar-refractivity contribution in [1.82, 2.24) is 4.90 Å². The number of alkyl halides is 3. The zero-order valence-electron chi connectivity index (χ0n) is 13.1. The fourth-order valence-electron chi connectivity index (χ4n) is 3.03. The molecule has 1 amide bonds. The Morgan fingerprint density at radius 2 is 1.79 bits per heavy atom. The quantitative estimate of drug-likeness (QED) is 0.896. The normalized spacial score (nSPS) is 21.8. The zero-order valence-corrected chi connectivity index (χ0v) is 13.9. The first-order valence-electron chi connectivity index (χ1n) is 7.30. The standard InChI is InChI=1S/C16H17ClF3NO3/c1-15(2,10-5-3-4-6-12(10)17)14(24)21-7-9(13(22)23)11(8-21)16(18,19)20/h3-6,9,11H,7-8H2,1-2H3,(H,22,23)/t9-,11-/m1/s1. The number of rotatable bonds is 3. The number of carboxylic acids is 1. The molecule has 0 aromatic heterocycles. The summed E-state index contributed by atoms with van der Waals surface area (Å²) in [5.74, 6) is -5.85. The Labute approximate surface area is 142 Å². The van der Waals surface area contributed by atoms with Crippen molar-refractivity contribution in [3.63, 3.8) is 0 Å². The SMILES string of the molecule is CC(C)(C(=O)N1C[C@@H](C(F)(F)F)[C@H](C(=O)O)C1)c1ccccc1Cl. The summed E-state index contributed by atoms with van der Waals surface area (Å²) < 4.78 is 39.2. The van der Waals surface area contributed by atoms with Gasteiger partial charge in [-0.3, -0.25) is 9.59 Å². The molecule has 24 heavy (non-hydrogen) atoms. The number of carbonyl (C=O) groups is 2. The van der Waals surface area contributed by atoms with Crippen molar-refractivity contribution in [3.8, 4) is 0 Å². The first-order chi connectivity index (χ1) is 11.0. The van der Waals surface area contributed by atoms with Crippen LogP contribution in [0.25, 0.3) is 0 Å². The van der Waals surface area contributed by atoms with Gasteiger partial charge in [-0.2, -0.15) is 13.2 Å². The van der Waals surface area contributed by atoms with Gasteiger partial charge in [0.2, 0.25) is 5.91 Å². The van der Waals surface area contributed by atoms with Gasteiger partial charge in [-0.1, -0.05) is 29.8 Å². The zero-order chi connectivity index (χ0) is 18.3. The van der Waals surface area contributed by atoms with E-state index in [-0.39, 0.29) is 0 Å². The number of likely N-dealkylation sites (tertiary alicyclic amines) is 1. The fourth-order valence-corrected chi connectivity index (χ4v) is 3.40. The van der Waals surface area contributed by atoms with Crippen LogP contribution in [0.15, 0.2) is 24.3 Å². The highest BCUT2D eigenvalue weighted by molar-refractivity contribution is 6.31. The number of hydrogen-bond acceptors (Lipinski definition) is 2. The minimum absolute atomic E-state index is 0.331. The van der Waals surface area contributed by atoms with Crippen LogP contribution in [-0.4, -0.2) is 41.1 Å². The van der Waals surface area contributed by atoms with Crippen molar-refractivity contribution in [2.75, 3.05) is 13.1 Å². The summed E-state index contributed by atoms with van der Waals surface area (Å²) in [5, 5.41) is 9.38. The second-order valence-corrected chi connectivity index (χ2v) is 6.82. The molecule has 1 aromatic carbocycles. The Kier molecular flexibility index (Phi) is 4.86. The second-order valence-electron chi connectivity index (χ2n) is 6.41. The minimum atomic E-state index is -4.67. The number of benzene rings is 1. The number of halogens is 4. The van der Waals surface area contributed by atoms with E-state index in [0.29, 0.717) is 10.6 Å². The van der Waals surface area contributed by atoms with E-state index in [9.17, 15) is 22.8 Å². The molecule has 1 aromatic rings. The minimum Gasteiger partial charge on any atom is -0.481 e. The predicted octanol–water partition coefficient (Wildman–Crippen LogP) is 3.34. The molecule has 132 valence electrons. The summed E-state index contributed by atoms with van der Waals surface area (Å²) in [4.78, 5) is 24.9. The van der Waals surface area contributed by atoms with E-state index in [1.807, 2.05) is 0 Å². The highest BCUT2D eigenvalue weighted by Gasteiger charge is 2.54. The average molecular weight is 364 g/mol. The topological polar surface area (TPSA) is 57.6 Å². The van der Waals surface area contributed by atoms with Gasteiger partial charge in [0.25, 0.3) is 0 Å². The lowest BCUT2D eigenvalue weighted by atomic mass is 9.83. The van der Waals surface area contributed by atoms with Crippen molar-refractivity contribution < 1.29 is 27.9 Å². The van der Waals surface area contributed by atoms with Gasteiger partial charge in [0, 0.05) is 18.1 Å². The molecule has 8 heteroatoms. The second kappa shape index (κ2) is 6.27. The van der Waals surface area contributed by atoms with E-state index in [1.54, 1.807) is 38.1 Å². The smallest absolute Gasteiger partial charge is 0.394 e. The molecule has 0 aliphatic carbocycles. The molecule has 0 spiro atoms. The lowest BCUT2D eigenvalue weighted by molar-refractivity contribution is -0.188. The summed E-state index contributed by atoms with van der Waals surface area (Å²) in [5.41, 5.74) is -0.680. The third kappa shape index (κ3) is 3.36. The van der Waals surface area contributed by atoms with Gasteiger partial charge in [0.05, 0.1) is 17.3 Å². The Hall–Kier alpha value is -1.76. The molecule has 1 fully saturated rings. The van der Waals surface area contributed by atoms with Crippen molar-refractivity contribution in [2.24, 2.45) is 11.8 Å². The van der Waals surface area contributed by atoms with E-state index in [4.69, 9.17) is 16.7 Å². The maximum atomic E-state index is 13.1. The van der Waals surface area contributed by atoms with Crippen LogP contribution >= 0.6 is 11.6 Å². The van der Waals surface area contributed by atoms with Crippen molar-refractivity contribution >= 4 is 23.5 Å². The van der Waals surface area contributed by atoms with Crippen LogP contribution in [0, 0.1) is 11.8 Å². The van der Waals surface area contributed by atoms with Crippen LogP contribution in [0.4, 0.5) is 13.2 Å². The molecular weight excluding hydrogens is 347 g/mol. The van der Waals surface area contributed by atoms with Crippen LogP contribution in [0.3, 0.4) is 0 Å². The van der Waals surface area contributed by atoms with Gasteiger partial charge < -0.3 is 10.0 Å². The van der Waals surface area contributed by atoms with Crippen LogP contribution in [0.5, 0.6) is 0 Å². The number of carboxylic acid groups (broad SMARTS) is 1. The average Bonchev–Trinajstić information content (AvgIpc) is 2.92. The maximum absolute atomic E-state index is 13.1. The summed E-state index contributed by atoms with van der Waals surface area (Å²) >= 11 is 6.10. The van der Waals surface area contributed by atoms with Crippen LogP contribution in [0.2, 0.25) is 5.02 Å². The predicted molar refractivity (Wildman–Crippen MR) is 81.7 cm³/mol. The molecule has 0 bridgehead atoms. The van der Waals surface area contributed by atoms with E-state index < -0.39 is 48.4 Å². The number of aliphatic carboxylic acids is 1. The molecule has 0 radical (unpaired) electrons. The molecule has 1 saturated heterocycles. The van der Waals surface area contributed by atoms with E-state index in [1.165, 1.54) is 0 Å². The lowest BCUT2D eigenvalue weighted by Gasteiger charge is -2.30. The Morgan fingerprint density at radius 1 is 1.21 bits per heavy atom. The number of nitrogens with zero attached hydrogens (tertiary/aromatic N) is 1. The van der Waals surface area contributed by atoms with Crippen LogP contribution in [-0.2, 0) is 15.0 Å². The van der Waals surface area contributed by atoms with Crippen molar-refractivity contribution in [2.45, 2.75) is 25.4 Å². The first kappa shape index (κ1) is 18.6. The highest BCUT2D eigenvalue weighted by Crippen LogP contribution is 2.40. The highest BCUT2D eigenvalue weighted by atomic mass is 35.5. The summed E-state index contributed by atoms with van der Waals surface area (Å²) in [6, 6.07) is 6.59. The van der Waals surface area contributed by atoms with Crippen LogP contribution in [0.1, 0.15) is 19.4 Å². The van der Waals surface area contributed by atoms with Gasteiger partial charge in [-0.15, -0.1) is 0 Å². The Morgan fingerprint density at radius 3 is 2.25 bits per heavy atom. The number of carbonyl (C=O) groups excluding carboxylic acids is 1. The van der Waals surface area contributed by atoms with Gasteiger partial charge in [0.1, 0.15) is 0 Å². The largest absolute Gasteiger partial charge is 0.481 e. The van der Waals surface area contributed by atoms with E-state index in [0.717, 1.165) is 4.90 Å². The number of amides is 1. The summed E-state index contributed by atoms with van der Waals surface area (Å²) in [6.07, 6.45) is -4.67. The van der Waals surface area contributed by atoms with Gasteiger partial charge in [-0.25, -0.2) is 0 Å². The van der Waals surface area contributed by atoms with Gasteiger partial charge in [0.15, 0.2) is 0 Å². The lowest BCUT2D eigenvalue weighted by Crippen LogP contribution is -2.43. The van der Waals surface area contributed by atoms with E-state index >= 15 is 0 Å². The molecular formula is C16H17ClF3NO3. The third-order valence-electron chi connectivity index (χ3n) is 4.43. The molecule has 0 saturated carbocycles. The summed E-state index contributed by atoms with van der Waals surface area (Å²) in [7, 11) is 0. The molecule has 2 atom stereocenters. The molecule has 4 nitrogen and oxygen atoms in total. The van der Waals surface area contributed by atoms with Gasteiger partial charge >= 0.3 is 12.1 Å². The van der Waals surface area contributed by atoms with Crippen LogP contribution < -0.4 is 0 Å². The first-order valence-corrected chi connectivity index (χ1v) is 7.68. The van der Waals surface area contributed by atoms with E-state index in [2.05, 4.69) is 0 Å². The van der Waals surface area contributed by atoms with Crippen molar-refractivity contribution in [3.05, 3.63) is 34.9 Å². The maximum Gasteiger partial charge on any atom is 0.394 e. The molecule has 1 aliphatic heterocycles. The fraction of sp³-hybridized carbons (Fsp3) is 0.500. The van der Waals surface area contributed by atoms with Crippen molar-refractivity contribution in [1.29, 1.82) is 0 Å². The Balaban J connectivity index is 2.30. The molecule has 2 rings (SSSR count). The molecule has 1 aliphatic rings. The monoisotopic (exact) mass is 363 g/mol. The van der Waals surface area contributed by atoms with Gasteiger partial charge in [-0.05, 0) is 25.5 Å².